The summed E-state index contributed by atoms with van der Waals surface area (Å²) in [7, 11) is 0.860. The van der Waals surface area contributed by atoms with E-state index in [-0.39, 0.29) is 0 Å². The van der Waals surface area contributed by atoms with Crippen LogP contribution in [0.5, 0.6) is 0 Å². The quantitative estimate of drug-likeness (QED) is 0.796. The van der Waals surface area contributed by atoms with Gasteiger partial charge in [0.05, 0.1) is 23.3 Å². The highest BCUT2D eigenvalue weighted by Crippen LogP contribution is 2.26. The monoisotopic (exact) mass is 330 g/mol. The minimum Gasteiger partial charge on any atom is -0.192 e. The number of hydrogen-bond donors (Lipinski definition) is 0. The number of rotatable bonds is 4. The molecule has 114 valence electrons. The first-order valence-corrected chi connectivity index (χ1v) is 11.5. The fraction of sp³-hybridized carbons (Fsp3) is 0.556. The van der Waals surface area contributed by atoms with Gasteiger partial charge in [-0.25, -0.2) is 0 Å². The highest BCUT2D eigenvalue weighted by atomic mass is 32.2. The van der Waals surface area contributed by atoms with Crippen LogP contribution in [-0.4, -0.2) is 23.0 Å². The summed E-state index contributed by atoms with van der Waals surface area (Å²) in [5, 5.41) is 19.0. The average molecular weight is 331 g/mol. The molecule has 1 aromatic rings. The molecule has 0 aromatic heterocycles. The molecule has 2 aliphatic heterocycles. The van der Waals surface area contributed by atoms with E-state index in [0.29, 0.717) is 21.8 Å². The van der Waals surface area contributed by atoms with Crippen LogP contribution in [0.4, 0.5) is 0 Å². The van der Waals surface area contributed by atoms with E-state index in [2.05, 4.69) is 12.1 Å². The number of nitriles is 2. The van der Waals surface area contributed by atoms with E-state index in [4.69, 9.17) is 0 Å². The molecule has 3 rings (SSSR count). The van der Waals surface area contributed by atoms with Crippen LogP contribution in [0.15, 0.2) is 12.1 Å². The van der Waals surface area contributed by atoms with Crippen molar-refractivity contribution in [1.29, 1.82) is 10.5 Å². The Labute approximate surface area is 139 Å². The summed E-state index contributed by atoms with van der Waals surface area (Å²) in [4.78, 5) is 0. The van der Waals surface area contributed by atoms with E-state index in [9.17, 15) is 10.5 Å². The minimum absolute atomic E-state index is 0.430. The van der Waals surface area contributed by atoms with Crippen LogP contribution in [0.3, 0.4) is 0 Å². The minimum atomic E-state index is 0.430. The van der Waals surface area contributed by atoms with Crippen molar-refractivity contribution < 1.29 is 0 Å². The molecule has 0 amide bonds. The third kappa shape index (κ3) is 3.62. The summed E-state index contributed by atoms with van der Waals surface area (Å²) in [5.41, 5.74) is 3.86. The first-order valence-electron chi connectivity index (χ1n) is 8.04. The molecule has 0 bridgehead atoms. The van der Waals surface area contributed by atoms with Gasteiger partial charge in [-0.05, 0) is 59.6 Å². The van der Waals surface area contributed by atoms with Gasteiger partial charge in [-0.3, -0.25) is 0 Å². The van der Waals surface area contributed by atoms with Crippen LogP contribution in [0, 0.1) is 22.7 Å². The fourth-order valence-corrected chi connectivity index (χ4v) is 8.09. The van der Waals surface area contributed by atoms with E-state index < -0.39 is 0 Å². The van der Waals surface area contributed by atoms with Crippen LogP contribution < -0.4 is 0 Å². The maximum Gasteiger partial charge on any atom is 0.134 e. The van der Waals surface area contributed by atoms with E-state index in [0.717, 1.165) is 33.8 Å². The second-order valence-electron chi connectivity index (χ2n) is 6.13. The van der Waals surface area contributed by atoms with Crippen molar-refractivity contribution in [2.45, 2.75) is 37.2 Å². The largest absolute Gasteiger partial charge is 0.192 e. The second-order valence-corrected chi connectivity index (χ2v) is 10.8. The highest BCUT2D eigenvalue weighted by Gasteiger charge is 2.28. The molecule has 1 aromatic carbocycles. The highest BCUT2D eigenvalue weighted by molar-refractivity contribution is 7.96. The van der Waals surface area contributed by atoms with Gasteiger partial charge in [0.2, 0.25) is 0 Å². The van der Waals surface area contributed by atoms with Gasteiger partial charge in [-0.1, -0.05) is 0 Å². The zero-order valence-corrected chi connectivity index (χ0v) is 14.6. The van der Waals surface area contributed by atoms with Crippen LogP contribution >= 0.6 is 0 Å². The normalized spacial score (nSPS) is 19.2. The summed E-state index contributed by atoms with van der Waals surface area (Å²) in [6.45, 7) is 0. The van der Waals surface area contributed by atoms with Crippen molar-refractivity contribution in [2.24, 2.45) is 0 Å². The van der Waals surface area contributed by atoms with Crippen molar-refractivity contribution in [1.82, 2.24) is 0 Å². The maximum absolute atomic E-state index is 9.51. The first-order chi connectivity index (χ1) is 10.8. The van der Waals surface area contributed by atoms with Crippen LogP contribution in [0.2, 0.25) is 0 Å². The predicted molar refractivity (Wildman–Crippen MR) is 95.9 cm³/mol. The van der Waals surface area contributed by atoms with E-state index in [1.54, 1.807) is 0 Å². The van der Waals surface area contributed by atoms with Gasteiger partial charge in [0.15, 0.2) is 0 Å². The molecule has 0 N–H and O–H groups in total. The zero-order chi connectivity index (χ0) is 15.4. The van der Waals surface area contributed by atoms with Gasteiger partial charge in [-0.2, -0.15) is 10.5 Å². The second kappa shape index (κ2) is 7.44. The number of hydrogen-bond acceptors (Lipinski definition) is 2. The lowest BCUT2D eigenvalue weighted by molar-refractivity contribution is 0.949. The molecular weight excluding hydrogens is 308 g/mol. The molecule has 0 spiro atoms. The van der Waals surface area contributed by atoms with Crippen LogP contribution in [0.25, 0.3) is 0 Å². The van der Waals surface area contributed by atoms with Gasteiger partial charge >= 0.3 is 0 Å². The molecule has 0 atom stereocenters. The average Bonchev–Trinajstić information content (AvgIpc) is 3.22. The van der Waals surface area contributed by atoms with E-state index in [1.165, 1.54) is 48.7 Å². The Kier molecular flexibility index (Phi) is 5.34. The lowest BCUT2D eigenvalue weighted by Crippen LogP contribution is -2.11. The molecule has 0 unspecified atom stereocenters. The zero-order valence-electron chi connectivity index (χ0n) is 12.9. The van der Waals surface area contributed by atoms with Gasteiger partial charge in [-0.15, -0.1) is 0 Å². The van der Waals surface area contributed by atoms with E-state index in [1.807, 2.05) is 12.1 Å². The topological polar surface area (TPSA) is 47.6 Å². The summed E-state index contributed by atoms with van der Waals surface area (Å²) >= 11 is 0. The molecular formula is C18H22N2S2+2. The Balaban J connectivity index is 1.84. The van der Waals surface area contributed by atoms with Crippen LogP contribution in [0.1, 0.15) is 47.9 Å². The Morgan fingerprint density at radius 3 is 1.41 bits per heavy atom. The van der Waals surface area contributed by atoms with Gasteiger partial charge < -0.3 is 0 Å². The standard InChI is InChI=1S/C18H22N2S2/c19-11-15-10-18(14-22-7-3-4-8-22)16(12-20)9-17(15)13-21-5-1-2-6-21/h9-10H,1-8,13-14H2/q+2. The van der Waals surface area contributed by atoms with Gasteiger partial charge in [0.1, 0.15) is 34.5 Å². The molecule has 2 nitrogen and oxygen atoms in total. The first kappa shape index (κ1) is 15.8. The lowest BCUT2D eigenvalue weighted by atomic mass is 10.0. The Morgan fingerprint density at radius 1 is 0.727 bits per heavy atom. The van der Waals surface area contributed by atoms with Crippen molar-refractivity contribution in [3.63, 3.8) is 0 Å². The Morgan fingerprint density at radius 2 is 1.09 bits per heavy atom. The molecule has 4 heteroatoms. The van der Waals surface area contributed by atoms with E-state index >= 15 is 0 Å². The molecule has 2 heterocycles. The van der Waals surface area contributed by atoms with Crippen molar-refractivity contribution in [3.8, 4) is 12.1 Å². The molecule has 0 aliphatic carbocycles. The fourth-order valence-electron chi connectivity index (χ4n) is 3.29. The lowest BCUT2D eigenvalue weighted by Gasteiger charge is -2.09. The summed E-state index contributed by atoms with van der Waals surface area (Å²) < 4.78 is 0. The van der Waals surface area contributed by atoms with Gasteiger partial charge in [0.25, 0.3) is 0 Å². The number of nitrogens with zero attached hydrogens (tertiary/aromatic N) is 2. The van der Waals surface area contributed by atoms with Crippen LogP contribution in [-0.2, 0) is 33.3 Å². The molecule has 0 saturated carbocycles. The molecule has 2 saturated heterocycles. The smallest absolute Gasteiger partial charge is 0.134 e. The molecule has 2 aliphatic rings. The molecule has 22 heavy (non-hydrogen) atoms. The summed E-state index contributed by atoms with van der Waals surface area (Å²) in [6, 6.07) is 8.82. The molecule has 0 radical (unpaired) electrons. The summed E-state index contributed by atoms with van der Waals surface area (Å²) in [6.07, 6.45) is 5.32. The van der Waals surface area contributed by atoms with Crippen molar-refractivity contribution in [3.05, 3.63) is 34.4 Å². The maximum atomic E-state index is 9.51. The van der Waals surface area contributed by atoms with Crippen molar-refractivity contribution in [2.75, 3.05) is 23.0 Å². The Hall–Kier alpha value is -1.10. The SMILES string of the molecule is N#Cc1cc(C[S+]2CCCC2)c(C#N)cc1C[S+]1CCCC1. The third-order valence-electron chi connectivity index (χ3n) is 4.52. The predicted octanol–water partition coefficient (Wildman–Crippen LogP) is 3.25. The molecule has 2 fully saturated rings. The van der Waals surface area contributed by atoms with Crippen molar-refractivity contribution >= 4 is 21.8 Å². The third-order valence-corrected chi connectivity index (χ3v) is 9.42. The Bertz CT molecular complexity index is 559. The van der Waals surface area contributed by atoms with Gasteiger partial charge in [0, 0.05) is 11.1 Å². The number of benzene rings is 1. The summed E-state index contributed by atoms with van der Waals surface area (Å²) in [5.74, 6) is 7.22.